The van der Waals surface area contributed by atoms with Crippen LogP contribution in [0.4, 0.5) is 0 Å². The summed E-state index contributed by atoms with van der Waals surface area (Å²) in [5.74, 6) is 0. The molecule has 0 aliphatic rings. The maximum Gasteiger partial charge on any atom is 0.178 e. The summed E-state index contributed by atoms with van der Waals surface area (Å²) in [7, 11) is 0. The van der Waals surface area contributed by atoms with Crippen molar-refractivity contribution >= 4 is 87.0 Å². The van der Waals surface area contributed by atoms with Crippen LogP contribution in [0.3, 0.4) is 0 Å². The Morgan fingerprint density at radius 2 is 0.833 bits per heavy atom. The second kappa shape index (κ2) is 11.2. The van der Waals surface area contributed by atoms with Crippen LogP contribution in [0.2, 0.25) is 0 Å². The van der Waals surface area contributed by atoms with Gasteiger partial charge in [-0.25, -0.2) is 0 Å². The molecule has 2 aromatic heterocycles. The molecule has 0 saturated carbocycles. The van der Waals surface area contributed by atoms with Crippen LogP contribution < -0.4 is 0 Å². The van der Waals surface area contributed by atoms with E-state index in [1.54, 1.807) is 0 Å². The van der Waals surface area contributed by atoms with E-state index >= 15 is 0 Å². The highest BCUT2D eigenvalue weighted by Gasteiger charge is 2.19. The Morgan fingerprint density at radius 1 is 0.259 bits per heavy atom. The van der Waals surface area contributed by atoms with Gasteiger partial charge >= 0.3 is 0 Å². The highest BCUT2D eigenvalue weighted by atomic mass is 16.4. The largest absolute Gasteiger partial charge is 0.452 e. The quantitative estimate of drug-likeness (QED) is 0.173. The zero-order chi connectivity index (χ0) is 35.3. The lowest BCUT2D eigenvalue weighted by atomic mass is 9.84. The number of fused-ring (bicyclic) bond motifs is 11. The summed E-state index contributed by atoms with van der Waals surface area (Å²) in [6, 6.07) is 65.9. The summed E-state index contributed by atoms with van der Waals surface area (Å²) in [5.41, 5.74) is 10.7. The first-order chi connectivity index (χ1) is 26.8. The predicted molar refractivity (Wildman–Crippen MR) is 227 cm³/mol. The van der Waals surface area contributed by atoms with Crippen molar-refractivity contribution in [2.45, 2.75) is 0 Å². The van der Waals surface area contributed by atoms with Crippen LogP contribution in [0, 0.1) is 0 Å². The fraction of sp³-hybridized carbons (Fsp3) is 0. The molecule has 0 fully saturated rings. The number of para-hydroxylation sites is 1. The minimum atomic E-state index is 0.799. The van der Waals surface area contributed by atoms with Crippen molar-refractivity contribution < 1.29 is 8.83 Å². The van der Waals surface area contributed by atoms with E-state index in [1.807, 2.05) is 18.2 Å². The molecule has 2 heterocycles. The molecule has 0 unspecified atom stereocenters. The average Bonchev–Trinajstić information content (AvgIpc) is 3.80. The molecule has 0 aliphatic carbocycles. The van der Waals surface area contributed by atoms with E-state index in [4.69, 9.17) is 8.83 Å². The molecular formula is C52H30O2. The van der Waals surface area contributed by atoms with Crippen molar-refractivity contribution in [1.29, 1.82) is 0 Å². The number of rotatable bonds is 3. The predicted octanol–water partition coefficient (Wildman–Crippen LogP) is 15.1. The second-order valence-electron chi connectivity index (χ2n) is 14.4. The van der Waals surface area contributed by atoms with Gasteiger partial charge < -0.3 is 8.83 Å². The van der Waals surface area contributed by atoms with Gasteiger partial charge in [-0.15, -0.1) is 0 Å². The first kappa shape index (κ1) is 29.4. The Labute approximate surface area is 310 Å². The molecule has 12 rings (SSSR count). The summed E-state index contributed by atoms with van der Waals surface area (Å²) in [6.45, 7) is 0. The molecule has 0 N–H and O–H groups in total. The Kier molecular flexibility index (Phi) is 6.09. The van der Waals surface area contributed by atoms with Crippen molar-refractivity contribution in [3.8, 4) is 33.4 Å². The molecule has 0 aliphatic heterocycles. The van der Waals surface area contributed by atoms with E-state index in [9.17, 15) is 0 Å². The number of hydrogen-bond acceptors (Lipinski definition) is 2. The normalized spacial score (nSPS) is 12.1. The van der Waals surface area contributed by atoms with Crippen molar-refractivity contribution in [2.75, 3.05) is 0 Å². The van der Waals surface area contributed by atoms with Gasteiger partial charge in [-0.2, -0.15) is 0 Å². The lowest BCUT2D eigenvalue weighted by molar-refractivity contribution is 0.633. The zero-order valence-corrected chi connectivity index (χ0v) is 29.1. The van der Waals surface area contributed by atoms with E-state index < -0.39 is 0 Å². The van der Waals surface area contributed by atoms with Crippen molar-refractivity contribution in [3.63, 3.8) is 0 Å². The third kappa shape index (κ3) is 4.22. The molecule has 0 saturated heterocycles. The van der Waals surface area contributed by atoms with Crippen molar-refractivity contribution in [1.82, 2.24) is 0 Å². The molecule has 0 bridgehead atoms. The fourth-order valence-electron chi connectivity index (χ4n) is 8.97. The molecule has 12 aromatic rings. The van der Waals surface area contributed by atoms with Gasteiger partial charge in [0.1, 0.15) is 11.2 Å². The third-order valence-electron chi connectivity index (χ3n) is 11.4. The molecule has 10 aromatic carbocycles. The van der Waals surface area contributed by atoms with Crippen LogP contribution in [0.5, 0.6) is 0 Å². The number of furan rings is 2. The second-order valence-corrected chi connectivity index (χ2v) is 14.4. The summed E-state index contributed by atoms with van der Waals surface area (Å²) < 4.78 is 12.9. The van der Waals surface area contributed by atoms with Crippen molar-refractivity contribution in [2.24, 2.45) is 0 Å². The highest BCUT2D eigenvalue weighted by molar-refractivity contribution is 6.24. The van der Waals surface area contributed by atoms with E-state index in [2.05, 4.69) is 164 Å². The van der Waals surface area contributed by atoms with Gasteiger partial charge in [0.2, 0.25) is 0 Å². The Balaban J connectivity index is 1.03. The Bertz CT molecular complexity index is 3440. The molecule has 0 atom stereocenters. The SMILES string of the molecule is c1cc(-c2ccc3cc4c(cc3c2)oc2c4ccc3c4ccccc4oc32)cc(-c2c3ccccc3c(-c3cccc4ccccc34)c3ccccc23)c1. The smallest absolute Gasteiger partial charge is 0.178 e. The van der Waals surface area contributed by atoms with Crippen LogP contribution in [0.15, 0.2) is 191 Å². The first-order valence-electron chi connectivity index (χ1n) is 18.5. The average molecular weight is 687 g/mol. The minimum Gasteiger partial charge on any atom is -0.452 e. The molecule has 0 amide bonds. The summed E-state index contributed by atoms with van der Waals surface area (Å²) >= 11 is 0. The van der Waals surface area contributed by atoms with Gasteiger partial charge in [0, 0.05) is 21.5 Å². The van der Waals surface area contributed by atoms with Crippen LogP contribution in [-0.2, 0) is 0 Å². The molecule has 2 nitrogen and oxygen atoms in total. The summed E-state index contributed by atoms with van der Waals surface area (Å²) in [4.78, 5) is 0. The fourth-order valence-corrected chi connectivity index (χ4v) is 8.97. The van der Waals surface area contributed by atoms with E-state index in [-0.39, 0.29) is 0 Å². The molecule has 0 radical (unpaired) electrons. The Hall–Kier alpha value is -7.16. The lowest BCUT2D eigenvalue weighted by Gasteiger charge is -2.19. The molecule has 0 spiro atoms. The van der Waals surface area contributed by atoms with E-state index in [0.717, 1.165) is 49.3 Å². The molecule has 54 heavy (non-hydrogen) atoms. The van der Waals surface area contributed by atoms with Gasteiger partial charge in [0.15, 0.2) is 11.2 Å². The number of hydrogen-bond donors (Lipinski definition) is 0. The third-order valence-corrected chi connectivity index (χ3v) is 11.4. The highest BCUT2D eigenvalue weighted by Crippen LogP contribution is 2.46. The topological polar surface area (TPSA) is 26.3 Å². The standard InChI is InChI=1S/C52H30O2/c1-2-15-37-31(11-1)12-10-21-39(37)50-42-19-5-3-17-40(42)49(41-18-4-6-20-43(41)50)35-14-9-13-32(27-35)33-23-24-34-29-46-45-26-25-44-38-16-7-8-22-47(38)53-51(44)52(45)54-48(46)30-36(34)28-33/h1-30H. The Morgan fingerprint density at radius 3 is 1.61 bits per heavy atom. The maximum atomic E-state index is 6.58. The monoisotopic (exact) mass is 686 g/mol. The summed E-state index contributed by atoms with van der Waals surface area (Å²) in [6.07, 6.45) is 0. The van der Waals surface area contributed by atoms with Gasteiger partial charge in [-0.05, 0) is 119 Å². The van der Waals surface area contributed by atoms with Crippen LogP contribution >= 0.6 is 0 Å². The number of benzene rings is 10. The minimum absolute atomic E-state index is 0.799. The lowest BCUT2D eigenvalue weighted by Crippen LogP contribution is -1.92. The molecule has 2 heteroatoms. The molecular weight excluding hydrogens is 657 g/mol. The van der Waals surface area contributed by atoms with E-state index in [1.165, 1.54) is 71.1 Å². The first-order valence-corrected chi connectivity index (χ1v) is 18.5. The van der Waals surface area contributed by atoms with E-state index in [0.29, 0.717) is 0 Å². The summed E-state index contributed by atoms with van der Waals surface area (Å²) in [5, 5.41) is 14.2. The van der Waals surface area contributed by atoms with Crippen LogP contribution in [-0.4, -0.2) is 0 Å². The van der Waals surface area contributed by atoms with Crippen molar-refractivity contribution in [3.05, 3.63) is 182 Å². The van der Waals surface area contributed by atoms with Gasteiger partial charge in [-0.1, -0.05) is 140 Å². The van der Waals surface area contributed by atoms with Gasteiger partial charge in [0.05, 0.1) is 0 Å². The van der Waals surface area contributed by atoms with Crippen LogP contribution in [0.1, 0.15) is 0 Å². The maximum absolute atomic E-state index is 6.58. The zero-order valence-electron chi connectivity index (χ0n) is 29.1. The molecule has 250 valence electrons. The van der Waals surface area contributed by atoms with Crippen LogP contribution in [0.25, 0.3) is 120 Å². The van der Waals surface area contributed by atoms with Gasteiger partial charge in [-0.3, -0.25) is 0 Å². The van der Waals surface area contributed by atoms with Gasteiger partial charge in [0.25, 0.3) is 0 Å².